The van der Waals surface area contributed by atoms with E-state index in [4.69, 9.17) is 32.7 Å². The lowest BCUT2D eigenvalue weighted by Gasteiger charge is -2.05. The quantitative estimate of drug-likeness (QED) is 0.733. The zero-order valence-electron chi connectivity index (χ0n) is 8.78. The van der Waals surface area contributed by atoms with Gasteiger partial charge in [0.05, 0.1) is 4.47 Å². The first-order valence-electron chi connectivity index (χ1n) is 4.93. The number of aromatic nitrogens is 2. The van der Waals surface area contributed by atoms with E-state index < -0.39 is 0 Å². The molecule has 0 N–H and O–H groups in total. The molecular weight excluding hydrogens is 343 g/mol. The van der Waals surface area contributed by atoms with Crippen molar-refractivity contribution in [3.63, 3.8) is 0 Å². The van der Waals surface area contributed by atoms with Gasteiger partial charge in [-0.1, -0.05) is 23.2 Å². The second-order valence-electron chi connectivity index (χ2n) is 3.53. The van der Waals surface area contributed by atoms with E-state index in [0.717, 1.165) is 10.0 Å². The minimum absolute atomic E-state index is 0.203. The molecule has 0 bridgehead atoms. The van der Waals surface area contributed by atoms with Crippen LogP contribution in [0.4, 0.5) is 0 Å². The van der Waals surface area contributed by atoms with Crippen molar-refractivity contribution >= 4 is 39.1 Å². The molecule has 0 atom stereocenters. The second-order valence-corrected chi connectivity index (χ2v) is 5.16. The van der Waals surface area contributed by atoms with Crippen LogP contribution >= 0.6 is 39.1 Å². The van der Waals surface area contributed by atoms with E-state index in [0.29, 0.717) is 27.6 Å². The van der Waals surface area contributed by atoms with Crippen LogP contribution < -0.4 is 9.47 Å². The summed E-state index contributed by atoms with van der Waals surface area (Å²) in [5.41, 5.74) is 0.746. The van der Waals surface area contributed by atoms with Crippen LogP contribution in [0.1, 0.15) is 0 Å². The van der Waals surface area contributed by atoms with Crippen molar-refractivity contribution in [3.05, 3.63) is 33.0 Å². The summed E-state index contributed by atoms with van der Waals surface area (Å²) >= 11 is 15.1. The second kappa shape index (κ2) is 4.57. The average Bonchev–Trinajstić information content (AvgIpc) is 2.76. The summed E-state index contributed by atoms with van der Waals surface area (Å²) in [6.45, 7) is 0.203. The van der Waals surface area contributed by atoms with E-state index >= 15 is 0 Å². The van der Waals surface area contributed by atoms with Crippen LogP contribution in [0.15, 0.2) is 22.7 Å². The Morgan fingerprint density at radius 2 is 1.78 bits per heavy atom. The molecule has 1 aliphatic heterocycles. The molecule has 0 saturated carbocycles. The zero-order chi connectivity index (χ0) is 12.7. The maximum Gasteiger partial charge on any atom is 0.231 e. The monoisotopic (exact) mass is 346 g/mol. The smallest absolute Gasteiger partial charge is 0.231 e. The SMILES string of the molecule is Clc1cc(Cl)nc(-c2cc(Br)c3c(c2)OCO3)n1. The lowest BCUT2D eigenvalue weighted by molar-refractivity contribution is 0.173. The molecule has 1 aromatic heterocycles. The lowest BCUT2D eigenvalue weighted by atomic mass is 10.2. The zero-order valence-corrected chi connectivity index (χ0v) is 11.9. The molecule has 0 fully saturated rings. The van der Waals surface area contributed by atoms with Crippen molar-refractivity contribution in [2.75, 3.05) is 6.79 Å². The topological polar surface area (TPSA) is 44.2 Å². The Morgan fingerprint density at radius 1 is 1.06 bits per heavy atom. The van der Waals surface area contributed by atoms with Crippen LogP contribution in [0.3, 0.4) is 0 Å². The van der Waals surface area contributed by atoms with Crippen LogP contribution in [0, 0.1) is 0 Å². The normalized spacial score (nSPS) is 12.8. The van der Waals surface area contributed by atoms with Gasteiger partial charge < -0.3 is 9.47 Å². The Labute approximate surface area is 121 Å². The maximum absolute atomic E-state index is 5.85. The van der Waals surface area contributed by atoms with Gasteiger partial charge in [-0.25, -0.2) is 9.97 Å². The molecule has 2 aromatic rings. The van der Waals surface area contributed by atoms with E-state index in [2.05, 4.69) is 25.9 Å². The third kappa shape index (κ3) is 2.13. The number of hydrogen-bond donors (Lipinski definition) is 0. The number of nitrogens with zero attached hydrogens (tertiary/aromatic N) is 2. The van der Waals surface area contributed by atoms with Crippen molar-refractivity contribution in [3.8, 4) is 22.9 Å². The molecule has 0 radical (unpaired) electrons. The molecular formula is C11H5BrCl2N2O2. The fraction of sp³-hybridized carbons (Fsp3) is 0.0909. The van der Waals surface area contributed by atoms with Gasteiger partial charge in [0, 0.05) is 11.6 Å². The molecule has 2 heterocycles. The Kier molecular flexibility index (Phi) is 3.05. The summed E-state index contributed by atoms with van der Waals surface area (Å²) in [5.74, 6) is 1.75. The van der Waals surface area contributed by atoms with Crippen LogP contribution in [0.25, 0.3) is 11.4 Å². The predicted octanol–water partition coefficient (Wildman–Crippen LogP) is 3.94. The van der Waals surface area contributed by atoms with Gasteiger partial charge in [0.15, 0.2) is 17.3 Å². The van der Waals surface area contributed by atoms with Crippen molar-refractivity contribution in [1.82, 2.24) is 9.97 Å². The summed E-state index contributed by atoms with van der Waals surface area (Å²) in [6, 6.07) is 5.10. The van der Waals surface area contributed by atoms with Crippen molar-refractivity contribution < 1.29 is 9.47 Å². The first-order chi connectivity index (χ1) is 8.63. The highest BCUT2D eigenvalue weighted by Gasteiger charge is 2.19. The molecule has 0 spiro atoms. The van der Waals surface area contributed by atoms with E-state index in [1.807, 2.05) is 6.07 Å². The highest BCUT2D eigenvalue weighted by Crippen LogP contribution is 2.42. The molecule has 1 aromatic carbocycles. The van der Waals surface area contributed by atoms with Crippen molar-refractivity contribution in [2.45, 2.75) is 0 Å². The lowest BCUT2D eigenvalue weighted by Crippen LogP contribution is -1.93. The number of hydrogen-bond acceptors (Lipinski definition) is 4. The Balaban J connectivity index is 2.15. The van der Waals surface area contributed by atoms with Gasteiger partial charge in [0.25, 0.3) is 0 Å². The van der Waals surface area contributed by atoms with Crippen molar-refractivity contribution in [2.24, 2.45) is 0 Å². The van der Waals surface area contributed by atoms with Crippen LogP contribution in [-0.2, 0) is 0 Å². The van der Waals surface area contributed by atoms with Crippen LogP contribution in [-0.4, -0.2) is 16.8 Å². The molecule has 18 heavy (non-hydrogen) atoms. The van der Waals surface area contributed by atoms with Gasteiger partial charge in [-0.2, -0.15) is 0 Å². The van der Waals surface area contributed by atoms with Gasteiger partial charge in [0.1, 0.15) is 10.3 Å². The molecule has 7 heteroatoms. The molecule has 0 saturated heterocycles. The fourth-order valence-electron chi connectivity index (χ4n) is 1.62. The molecule has 4 nitrogen and oxygen atoms in total. The molecule has 0 unspecified atom stereocenters. The highest BCUT2D eigenvalue weighted by atomic mass is 79.9. The summed E-state index contributed by atoms with van der Waals surface area (Å²) in [6.07, 6.45) is 0. The van der Waals surface area contributed by atoms with Gasteiger partial charge in [-0.05, 0) is 28.1 Å². The molecule has 1 aliphatic rings. The number of fused-ring (bicyclic) bond motifs is 1. The first kappa shape index (κ1) is 12.0. The van der Waals surface area contributed by atoms with Gasteiger partial charge in [-0.15, -0.1) is 0 Å². The van der Waals surface area contributed by atoms with E-state index in [-0.39, 0.29) is 6.79 Å². The summed E-state index contributed by atoms with van der Waals surface area (Å²) in [4.78, 5) is 8.25. The van der Waals surface area contributed by atoms with Gasteiger partial charge >= 0.3 is 0 Å². The number of benzene rings is 1. The number of rotatable bonds is 1. The largest absolute Gasteiger partial charge is 0.454 e. The number of halogens is 3. The molecule has 0 aliphatic carbocycles. The Bertz CT molecular complexity index is 616. The standard InChI is InChI=1S/C11H5BrCl2N2O2/c12-6-1-5(2-7-10(6)18-4-17-7)11-15-8(13)3-9(14)16-11/h1-3H,4H2. The summed E-state index contributed by atoms with van der Waals surface area (Å²) in [5, 5.41) is 0.581. The minimum atomic E-state index is 0.203. The van der Waals surface area contributed by atoms with E-state index in [1.54, 1.807) is 6.07 Å². The van der Waals surface area contributed by atoms with Gasteiger partial charge in [0.2, 0.25) is 6.79 Å². The molecule has 3 rings (SSSR count). The third-order valence-electron chi connectivity index (χ3n) is 2.35. The maximum atomic E-state index is 5.85. The minimum Gasteiger partial charge on any atom is -0.454 e. The molecule has 0 amide bonds. The van der Waals surface area contributed by atoms with Crippen LogP contribution in [0.5, 0.6) is 11.5 Å². The Morgan fingerprint density at radius 3 is 2.50 bits per heavy atom. The fourth-order valence-corrected chi connectivity index (χ4v) is 2.59. The summed E-state index contributed by atoms with van der Waals surface area (Å²) < 4.78 is 11.4. The highest BCUT2D eigenvalue weighted by molar-refractivity contribution is 9.10. The number of ether oxygens (including phenoxy) is 2. The average molecular weight is 348 g/mol. The Hall–Kier alpha value is -1.04. The van der Waals surface area contributed by atoms with Crippen LogP contribution in [0.2, 0.25) is 10.3 Å². The first-order valence-corrected chi connectivity index (χ1v) is 6.48. The third-order valence-corrected chi connectivity index (χ3v) is 3.33. The predicted molar refractivity (Wildman–Crippen MR) is 71.3 cm³/mol. The van der Waals surface area contributed by atoms with E-state index in [9.17, 15) is 0 Å². The summed E-state index contributed by atoms with van der Waals surface area (Å²) in [7, 11) is 0. The van der Waals surface area contributed by atoms with Crippen molar-refractivity contribution in [1.29, 1.82) is 0 Å². The van der Waals surface area contributed by atoms with E-state index in [1.165, 1.54) is 6.07 Å². The molecule has 92 valence electrons. The van der Waals surface area contributed by atoms with Gasteiger partial charge in [-0.3, -0.25) is 0 Å².